The Morgan fingerprint density at radius 3 is 1.50 bits per heavy atom. The summed E-state index contributed by atoms with van der Waals surface area (Å²) < 4.78 is 13.6. The molecule has 7 aromatic carbocycles. The highest BCUT2D eigenvalue weighted by molar-refractivity contribution is 7.25. The molecule has 6 heterocycles. The second kappa shape index (κ2) is 13.5. The number of aromatic nitrogens is 4. The highest BCUT2D eigenvalue weighted by Gasteiger charge is 2.17. The normalized spacial score (nSPS) is 11.8. The smallest absolute Gasteiger partial charge is 0.135 e. The predicted molar refractivity (Wildman–Crippen MR) is 253 cm³/mol. The molecule has 13 aromatic rings. The molecule has 13 rings (SSSR count). The van der Waals surface area contributed by atoms with Gasteiger partial charge >= 0.3 is 0 Å². The van der Waals surface area contributed by atoms with Crippen LogP contribution in [-0.4, -0.2) is 19.1 Å². The molecular formula is C54H36N4OS. The van der Waals surface area contributed by atoms with Gasteiger partial charge in [0, 0.05) is 65.5 Å². The first-order valence-corrected chi connectivity index (χ1v) is 21.3. The topological polar surface area (TPSA) is 48.8 Å². The second-order valence-electron chi connectivity index (χ2n) is 15.0. The number of thiophene rings is 1. The van der Waals surface area contributed by atoms with E-state index < -0.39 is 0 Å². The van der Waals surface area contributed by atoms with Gasteiger partial charge in [-0.2, -0.15) is 0 Å². The largest absolute Gasteiger partial charge is 0.456 e. The number of fused-ring (bicyclic) bond motifs is 12. The van der Waals surface area contributed by atoms with Gasteiger partial charge in [-0.25, -0.2) is 0 Å². The fourth-order valence-corrected chi connectivity index (χ4v) is 10.2. The maximum absolute atomic E-state index is 6.40. The minimum atomic E-state index is 0.873. The van der Waals surface area contributed by atoms with Crippen LogP contribution in [0.2, 0.25) is 0 Å². The Kier molecular flexibility index (Phi) is 7.77. The molecule has 0 aliphatic carbocycles. The first-order chi connectivity index (χ1) is 29.7. The van der Waals surface area contributed by atoms with Gasteiger partial charge in [0.25, 0.3) is 0 Å². The van der Waals surface area contributed by atoms with Gasteiger partial charge in [0.1, 0.15) is 11.2 Å². The zero-order chi connectivity index (χ0) is 39.9. The first kappa shape index (κ1) is 34.5. The van der Waals surface area contributed by atoms with Crippen molar-refractivity contribution < 1.29 is 4.42 Å². The van der Waals surface area contributed by atoms with E-state index in [2.05, 4.69) is 167 Å². The molecule has 0 atom stereocenters. The Bertz CT molecular complexity index is 3470. The van der Waals surface area contributed by atoms with E-state index in [4.69, 9.17) is 14.4 Å². The molecule has 0 saturated carbocycles. The fourth-order valence-electron chi connectivity index (χ4n) is 9.17. The van der Waals surface area contributed by atoms with E-state index in [1.807, 2.05) is 49.7 Å². The van der Waals surface area contributed by atoms with Gasteiger partial charge in [-0.1, -0.05) is 80.6 Å². The molecule has 0 fully saturated rings. The van der Waals surface area contributed by atoms with Gasteiger partial charge in [0.2, 0.25) is 0 Å². The Labute approximate surface area is 349 Å². The standard InChI is InChI=1S/C52H30N4OS.C2H6/c1-3-12-43-37(10-1)51-45(14-6-24-53-51)55(43)35-18-21-48-40(29-35)39-27-33(16-20-47(39)57-48)31-8-5-9-32(26-31)34-17-22-49-41(28-34)42-30-36(19-23-50(42)58-49)56-44-13-4-2-11-38(44)52-46(56)15-7-25-54-52;1-2/h1-30H;1-2H3. The van der Waals surface area contributed by atoms with E-state index in [-0.39, 0.29) is 0 Å². The summed E-state index contributed by atoms with van der Waals surface area (Å²) in [6.07, 6.45) is 3.75. The lowest BCUT2D eigenvalue weighted by molar-refractivity contribution is 0.669. The molecule has 0 aliphatic heterocycles. The van der Waals surface area contributed by atoms with Crippen molar-refractivity contribution in [3.05, 3.63) is 182 Å². The van der Waals surface area contributed by atoms with Crippen LogP contribution in [0.25, 0.3) is 120 Å². The molecule has 0 spiro atoms. The van der Waals surface area contributed by atoms with Crippen LogP contribution < -0.4 is 0 Å². The summed E-state index contributed by atoms with van der Waals surface area (Å²) in [5.74, 6) is 0. The molecule has 0 radical (unpaired) electrons. The molecule has 0 amide bonds. The average Bonchev–Trinajstić information content (AvgIpc) is 4.06. The maximum atomic E-state index is 6.40. The highest BCUT2D eigenvalue weighted by atomic mass is 32.1. The number of hydrogen-bond acceptors (Lipinski definition) is 4. The van der Waals surface area contributed by atoms with Crippen molar-refractivity contribution >= 4 is 97.3 Å². The van der Waals surface area contributed by atoms with Crippen molar-refractivity contribution in [2.24, 2.45) is 0 Å². The van der Waals surface area contributed by atoms with Crippen LogP contribution in [0.5, 0.6) is 0 Å². The summed E-state index contributed by atoms with van der Waals surface area (Å²) in [4.78, 5) is 9.51. The molecule has 0 aliphatic rings. The van der Waals surface area contributed by atoms with E-state index >= 15 is 0 Å². The Morgan fingerprint density at radius 1 is 0.383 bits per heavy atom. The van der Waals surface area contributed by atoms with Crippen molar-refractivity contribution in [1.82, 2.24) is 19.1 Å². The zero-order valence-corrected chi connectivity index (χ0v) is 33.7. The third kappa shape index (κ3) is 5.17. The van der Waals surface area contributed by atoms with Crippen LogP contribution in [0.15, 0.2) is 187 Å². The molecular weight excluding hydrogens is 753 g/mol. The Morgan fingerprint density at radius 2 is 0.850 bits per heavy atom. The number of furan rings is 1. The van der Waals surface area contributed by atoms with Crippen molar-refractivity contribution in [2.45, 2.75) is 13.8 Å². The summed E-state index contributed by atoms with van der Waals surface area (Å²) in [7, 11) is 0. The molecule has 0 saturated heterocycles. The van der Waals surface area contributed by atoms with E-state index in [9.17, 15) is 0 Å². The molecule has 60 heavy (non-hydrogen) atoms. The van der Waals surface area contributed by atoms with E-state index in [1.54, 1.807) is 0 Å². The molecule has 284 valence electrons. The van der Waals surface area contributed by atoms with Crippen molar-refractivity contribution in [3.63, 3.8) is 0 Å². The summed E-state index contributed by atoms with van der Waals surface area (Å²) in [5.41, 5.74) is 15.2. The summed E-state index contributed by atoms with van der Waals surface area (Å²) >= 11 is 1.85. The van der Waals surface area contributed by atoms with Crippen LogP contribution in [0.4, 0.5) is 0 Å². The fraction of sp³-hybridized carbons (Fsp3) is 0.0370. The molecule has 6 aromatic heterocycles. The summed E-state index contributed by atoms with van der Waals surface area (Å²) in [5, 5.41) is 7.03. The third-order valence-electron chi connectivity index (χ3n) is 11.8. The van der Waals surface area contributed by atoms with Crippen LogP contribution in [0.1, 0.15) is 13.8 Å². The monoisotopic (exact) mass is 788 g/mol. The van der Waals surface area contributed by atoms with E-state index in [0.717, 1.165) is 88.3 Å². The minimum absolute atomic E-state index is 0.873. The number of nitrogens with zero attached hydrogens (tertiary/aromatic N) is 4. The second-order valence-corrected chi connectivity index (χ2v) is 16.1. The van der Waals surface area contributed by atoms with Gasteiger partial charge in [-0.05, 0) is 125 Å². The first-order valence-electron chi connectivity index (χ1n) is 20.5. The lowest BCUT2D eigenvalue weighted by atomic mass is 9.97. The number of para-hydroxylation sites is 2. The lowest BCUT2D eigenvalue weighted by Gasteiger charge is -2.09. The zero-order valence-electron chi connectivity index (χ0n) is 32.9. The van der Waals surface area contributed by atoms with Crippen LogP contribution in [0, 0.1) is 0 Å². The van der Waals surface area contributed by atoms with Crippen molar-refractivity contribution in [3.8, 4) is 33.6 Å². The summed E-state index contributed by atoms with van der Waals surface area (Å²) in [6.45, 7) is 4.00. The number of hydrogen-bond donors (Lipinski definition) is 0. The number of rotatable bonds is 4. The van der Waals surface area contributed by atoms with Gasteiger partial charge in [-0.3, -0.25) is 9.97 Å². The molecule has 0 N–H and O–H groups in total. The third-order valence-corrected chi connectivity index (χ3v) is 13.0. The Balaban J connectivity index is 0.00000191. The van der Waals surface area contributed by atoms with E-state index in [1.165, 1.54) is 31.3 Å². The van der Waals surface area contributed by atoms with Crippen LogP contribution in [-0.2, 0) is 0 Å². The lowest BCUT2D eigenvalue weighted by Crippen LogP contribution is -1.93. The molecule has 0 bridgehead atoms. The highest BCUT2D eigenvalue weighted by Crippen LogP contribution is 2.41. The number of pyridine rings is 2. The number of benzene rings is 7. The maximum Gasteiger partial charge on any atom is 0.135 e. The molecule has 0 unspecified atom stereocenters. The van der Waals surface area contributed by atoms with Crippen molar-refractivity contribution in [1.29, 1.82) is 0 Å². The van der Waals surface area contributed by atoms with Gasteiger partial charge in [-0.15, -0.1) is 11.3 Å². The minimum Gasteiger partial charge on any atom is -0.456 e. The van der Waals surface area contributed by atoms with Gasteiger partial charge in [0.15, 0.2) is 0 Å². The molecule has 6 heteroatoms. The summed E-state index contributed by atoms with van der Waals surface area (Å²) in [6, 6.07) is 61.1. The predicted octanol–water partition coefficient (Wildman–Crippen LogP) is 15.3. The quantitative estimate of drug-likeness (QED) is 0.178. The molecule has 5 nitrogen and oxygen atoms in total. The van der Waals surface area contributed by atoms with E-state index in [0.29, 0.717) is 0 Å². The van der Waals surface area contributed by atoms with Crippen LogP contribution >= 0.6 is 11.3 Å². The van der Waals surface area contributed by atoms with Gasteiger partial charge in [0.05, 0.1) is 33.1 Å². The van der Waals surface area contributed by atoms with Gasteiger partial charge < -0.3 is 13.6 Å². The van der Waals surface area contributed by atoms with Crippen LogP contribution in [0.3, 0.4) is 0 Å². The average molecular weight is 789 g/mol. The van der Waals surface area contributed by atoms with Crippen molar-refractivity contribution in [2.75, 3.05) is 0 Å². The Hall–Kier alpha value is -7.54. The SMILES string of the molecule is CC.c1cc(-c2ccc3oc4ccc(-n5c6ccccc6c6ncccc65)cc4c3c2)cc(-c2ccc3sc4ccc(-n5c6ccccc6c6ncccc65)cc4c3c2)c1.